The summed E-state index contributed by atoms with van der Waals surface area (Å²) in [6.45, 7) is 2.41. The highest BCUT2D eigenvalue weighted by Gasteiger charge is 2.35. The Labute approximate surface area is 131 Å². The number of nitrogens with zero attached hydrogens (tertiary/aromatic N) is 1. The average Bonchev–Trinajstić information content (AvgIpc) is 2.54. The van der Waals surface area contributed by atoms with Crippen molar-refractivity contribution in [1.29, 1.82) is 0 Å². The fourth-order valence-electron chi connectivity index (χ4n) is 3.00. The predicted molar refractivity (Wildman–Crippen MR) is 81.5 cm³/mol. The highest BCUT2D eigenvalue weighted by atomic mass is 19.4. The maximum atomic E-state index is 13.1. The van der Waals surface area contributed by atoms with Gasteiger partial charge in [-0.25, -0.2) is 4.98 Å². The first-order valence-corrected chi connectivity index (χ1v) is 7.63. The molecule has 6 heteroatoms. The minimum atomic E-state index is -4.58. The standard InChI is InChI=1S/C17H17F3N2O/c1-10-5-4-6-11-12(16(23)13-7-2-3-8-21-13)9-14(17(18,19)20)22-15(10)11/h4-6,9,13,21H,2-3,7-8H2,1H3. The molecule has 0 spiro atoms. The SMILES string of the molecule is Cc1cccc2c(C(=O)C3CCCCN3)cc(C(F)(F)F)nc12. The minimum Gasteiger partial charge on any atom is -0.307 e. The van der Waals surface area contributed by atoms with Crippen molar-refractivity contribution in [1.82, 2.24) is 10.3 Å². The van der Waals surface area contributed by atoms with Gasteiger partial charge in [-0.15, -0.1) is 0 Å². The van der Waals surface area contributed by atoms with Crippen LogP contribution in [0.5, 0.6) is 0 Å². The van der Waals surface area contributed by atoms with Crippen molar-refractivity contribution in [3.05, 3.63) is 41.1 Å². The molecule has 1 aliphatic heterocycles. The molecule has 1 fully saturated rings. The number of aryl methyl sites for hydroxylation is 1. The largest absolute Gasteiger partial charge is 0.433 e. The van der Waals surface area contributed by atoms with E-state index in [1.165, 1.54) is 0 Å². The molecule has 2 aromatic rings. The number of rotatable bonds is 2. The van der Waals surface area contributed by atoms with E-state index in [0.717, 1.165) is 18.9 Å². The van der Waals surface area contributed by atoms with Crippen LogP contribution in [0.25, 0.3) is 10.9 Å². The number of piperidine rings is 1. The molecular weight excluding hydrogens is 305 g/mol. The molecule has 0 aliphatic carbocycles. The van der Waals surface area contributed by atoms with Gasteiger partial charge < -0.3 is 5.32 Å². The Morgan fingerprint density at radius 3 is 2.74 bits per heavy atom. The van der Waals surface area contributed by atoms with E-state index in [1.54, 1.807) is 25.1 Å². The number of para-hydroxylation sites is 1. The summed E-state index contributed by atoms with van der Waals surface area (Å²) in [5, 5.41) is 3.59. The van der Waals surface area contributed by atoms with E-state index in [1.807, 2.05) is 0 Å². The molecule has 2 heterocycles. The zero-order chi connectivity index (χ0) is 16.6. The van der Waals surface area contributed by atoms with Gasteiger partial charge in [0, 0.05) is 10.9 Å². The number of pyridine rings is 1. The van der Waals surface area contributed by atoms with Crippen molar-refractivity contribution in [3.8, 4) is 0 Å². The first-order valence-electron chi connectivity index (χ1n) is 7.63. The lowest BCUT2D eigenvalue weighted by Gasteiger charge is -2.23. The average molecular weight is 322 g/mol. The highest BCUT2D eigenvalue weighted by molar-refractivity contribution is 6.10. The normalized spacial score (nSPS) is 19.0. The Kier molecular flexibility index (Phi) is 4.10. The molecule has 1 atom stereocenters. The molecule has 1 aromatic carbocycles. The second kappa shape index (κ2) is 5.92. The van der Waals surface area contributed by atoms with Crippen LogP contribution in [0, 0.1) is 6.92 Å². The molecular formula is C17H17F3N2O. The van der Waals surface area contributed by atoms with Gasteiger partial charge in [-0.3, -0.25) is 4.79 Å². The summed E-state index contributed by atoms with van der Waals surface area (Å²) in [5.41, 5.74) is -0.0513. The maximum absolute atomic E-state index is 13.1. The number of halogens is 3. The van der Waals surface area contributed by atoms with E-state index in [-0.39, 0.29) is 16.9 Å². The zero-order valence-corrected chi connectivity index (χ0v) is 12.7. The van der Waals surface area contributed by atoms with Crippen LogP contribution in [0.15, 0.2) is 24.3 Å². The number of benzene rings is 1. The number of hydrogen-bond acceptors (Lipinski definition) is 3. The van der Waals surface area contributed by atoms with Gasteiger partial charge in [-0.05, 0) is 37.9 Å². The second-order valence-corrected chi connectivity index (χ2v) is 5.89. The van der Waals surface area contributed by atoms with Gasteiger partial charge in [0.25, 0.3) is 0 Å². The lowest BCUT2D eigenvalue weighted by Crippen LogP contribution is -2.40. The van der Waals surface area contributed by atoms with Crippen LogP contribution in [0.1, 0.15) is 40.9 Å². The van der Waals surface area contributed by atoms with Gasteiger partial charge in [0.15, 0.2) is 5.78 Å². The van der Waals surface area contributed by atoms with Gasteiger partial charge in [-0.1, -0.05) is 24.6 Å². The molecule has 23 heavy (non-hydrogen) atoms. The molecule has 1 aliphatic rings. The van der Waals surface area contributed by atoms with E-state index in [2.05, 4.69) is 10.3 Å². The van der Waals surface area contributed by atoms with Gasteiger partial charge in [-0.2, -0.15) is 13.2 Å². The van der Waals surface area contributed by atoms with Gasteiger partial charge in [0.2, 0.25) is 0 Å². The quantitative estimate of drug-likeness (QED) is 0.853. The molecule has 1 aromatic heterocycles. The van der Waals surface area contributed by atoms with Gasteiger partial charge in [0.05, 0.1) is 11.6 Å². The summed E-state index contributed by atoms with van der Waals surface area (Å²) in [6.07, 6.45) is -2.05. The Morgan fingerprint density at radius 2 is 2.09 bits per heavy atom. The molecule has 122 valence electrons. The van der Waals surface area contributed by atoms with E-state index >= 15 is 0 Å². The van der Waals surface area contributed by atoms with Crippen molar-refractivity contribution in [2.75, 3.05) is 6.54 Å². The Bertz CT molecular complexity index is 749. The summed E-state index contributed by atoms with van der Waals surface area (Å²) in [7, 11) is 0. The first kappa shape index (κ1) is 15.9. The van der Waals surface area contributed by atoms with Crippen LogP contribution in [0.3, 0.4) is 0 Å². The molecule has 1 unspecified atom stereocenters. The van der Waals surface area contributed by atoms with Crippen LogP contribution in [-0.4, -0.2) is 23.4 Å². The number of Topliss-reactive ketones (excluding diaryl/α,β-unsaturated/α-hetero) is 1. The van der Waals surface area contributed by atoms with E-state index in [0.29, 0.717) is 23.9 Å². The third-order valence-electron chi connectivity index (χ3n) is 4.22. The number of alkyl halides is 3. The summed E-state index contributed by atoms with van der Waals surface area (Å²) in [5.74, 6) is -0.284. The zero-order valence-electron chi connectivity index (χ0n) is 12.7. The molecule has 0 amide bonds. The minimum absolute atomic E-state index is 0.102. The third kappa shape index (κ3) is 3.08. The Balaban J connectivity index is 2.17. The molecule has 1 saturated heterocycles. The van der Waals surface area contributed by atoms with Crippen molar-refractivity contribution in [2.45, 2.75) is 38.4 Å². The number of nitrogens with one attached hydrogen (secondary N) is 1. The van der Waals surface area contributed by atoms with Crippen molar-refractivity contribution in [2.24, 2.45) is 0 Å². The highest BCUT2D eigenvalue weighted by Crippen LogP contribution is 2.32. The van der Waals surface area contributed by atoms with Crippen LogP contribution < -0.4 is 5.32 Å². The molecule has 0 radical (unpaired) electrons. The number of aromatic nitrogens is 1. The van der Waals surface area contributed by atoms with Crippen LogP contribution in [-0.2, 0) is 6.18 Å². The fourth-order valence-corrected chi connectivity index (χ4v) is 3.00. The van der Waals surface area contributed by atoms with Crippen molar-refractivity contribution in [3.63, 3.8) is 0 Å². The van der Waals surface area contributed by atoms with Crippen molar-refractivity contribution >= 4 is 16.7 Å². The van der Waals surface area contributed by atoms with E-state index in [9.17, 15) is 18.0 Å². The third-order valence-corrected chi connectivity index (χ3v) is 4.22. The fraction of sp³-hybridized carbons (Fsp3) is 0.412. The number of hydrogen-bond donors (Lipinski definition) is 1. The molecule has 3 nitrogen and oxygen atoms in total. The van der Waals surface area contributed by atoms with Crippen LogP contribution >= 0.6 is 0 Å². The lowest BCUT2D eigenvalue weighted by molar-refractivity contribution is -0.140. The van der Waals surface area contributed by atoms with E-state index < -0.39 is 17.9 Å². The Morgan fingerprint density at radius 1 is 1.30 bits per heavy atom. The first-order chi connectivity index (χ1) is 10.9. The van der Waals surface area contributed by atoms with Crippen LogP contribution in [0.4, 0.5) is 13.2 Å². The summed E-state index contributed by atoms with van der Waals surface area (Å²) >= 11 is 0. The summed E-state index contributed by atoms with van der Waals surface area (Å²) in [6, 6.07) is 5.56. The summed E-state index contributed by atoms with van der Waals surface area (Å²) in [4.78, 5) is 16.5. The second-order valence-electron chi connectivity index (χ2n) is 5.89. The number of ketones is 1. The summed E-state index contributed by atoms with van der Waals surface area (Å²) < 4.78 is 39.4. The Hall–Kier alpha value is -1.95. The molecule has 0 saturated carbocycles. The topological polar surface area (TPSA) is 42.0 Å². The number of fused-ring (bicyclic) bond motifs is 1. The number of carbonyl (C=O) groups is 1. The lowest BCUT2D eigenvalue weighted by atomic mass is 9.93. The van der Waals surface area contributed by atoms with Crippen molar-refractivity contribution < 1.29 is 18.0 Å². The molecule has 3 rings (SSSR count). The maximum Gasteiger partial charge on any atom is 0.433 e. The number of carbonyl (C=O) groups excluding carboxylic acids is 1. The molecule has 1 N–H and O–H groups in total. The predicted octanol–water partition coefficient (Wildman–Crippen LogP) is 3.89. The van der Waals surface area contributed by atoms with Gasteiger partial charge in [0.1, 0.15) is 5.69 Å². The monoisotopic (exact) mass is 322 g/mol. The smallest absolute Gasteiger partial charge is 0.307 e. The molecule has 0 bridgehead atoms. The van der Waals surface area contributed by atoms with Gasteiger partial charge >= 0.3 is 6.18 Å². The van der Waals surface area contributed by atoms with E-state index in [4.69, 9.17) is 0 Å². The van der Waals surface area contributed by atoms with Crippen LogP contribution in [0.2, 0.25) is 0 Å².